The maximum atomic E-state index is 12.4. The van der Waals surface area contributed by atoms with Gasteiger partial charge in [0.1, 0.15) is 17.9 Å². The molecule has 1 aliphatic rings. The van der Waals surface area contributed by atoms with Crippen molar-refractivity contribution >= 4 is 28.5 Å². The number of esters is 1. The van der Waals surface area contributed by atoms with Crippen LogP contribution in [0.2, 0.25) is 0 Å². The van der Waals surface area contributed by atoms with Crippen molar-refractivity contribution in [2.75, 3.05) is 5.32 Å². The van der Waals surface area contributed by atoms with Crippen LogP contribution < -0.4 is 15.7 Å². The van der Waals surface area contributed by atoms with Gasteiger partial charge in [-0.3, -0.25) is 9.59 Å². The van der Waals surface area contributed by atoms with Crippen LogP contribution in [0.1, 0.15) is 42.9 Å². The molecule has 0 bridgehead atoms. The fourth-order valence-electron chi connectivity index (χ4n) is 3.73. The number of rotatable bonds is 5. The average molecular weight is 421 g/mol. The molecule has 0 spiro atoms. The molecular formula is C24H23NO6. The fourth-order valence-corrected chi connectivity index (χ4v) is 3.73. The second kappa shape index (κ2) is 8.26. The highest BCUT2D eigenvalue weighted by Gasteiger charge is 2.30. The van der Waals surface area contributed by atoms with Gasteiger partial charge in [0, 0.05) is 17.0 Å². The largest absolute Gasteiger partial charge is 0.478 e. The van der Waals surface area contributed by atoms with E-state index in [9.17, 15) is 14.4 Å². The number of benzene rings is 2. The molecule has 1 aliphatic heterocycles. The normalized spacial score (nSPS) is 15.4. The third-order valence-corrected chi connectivity index (χ3v) is 5.29. The first-order chi connectivity index (χ1) is 14.8. The van der Waals surface area contributed by atoms with Gasteiger partial charge in [-0.25, -0.2) is 4.79 Å². The van der Waals surface area contributed by atoms with Crippen molar-refractivity contribution in [3.8, 4) is 5.75 Å². The minimum atomic E-state index is -0.977. The molecule has 1 aromatic heterocycles. The summed E-state index contributed by atoms with van der Waals surface area (Å²) in [6.07, 6.45) is -1.22. The van der Waals surface area contributed by atoms with Crippen LogP contribution >= 0.6 is 0 Å². The van der Waals surface area contributed by atoms with Gasteiger partial charge in [-0.05, 0) is 48.2 Å². The maximum absolute atomic E-state index is 12.4. The van der Waals surface area contributed by atoms with Gasteiger partial charge in [0.15, 0.2) is 6.10 Å². The van der Waals surface area contributed by atoms with Crippen molar-refractivity contribution in [1.29, 1.82) is 0 Å². The summed E-state index contributed by atoms with van der Waals surface area (Å²) in [6.45, 7) is 6.03. The van der Waals surface area contributed by atoms with Gasteiger partial charge >= 0.3 is 11.6 Å². The van der Waals surface area contributed by atoms with E-state index >= 15 is 0 Å². The number of aryl methyl sites for hydroxylation is 1. The summed E-state index contributed by atoms with van der Waals surface area (Å²) >= 11 is 0. The van der Waals surface area contributed by atoms with Crippen LogP contribution in [-0.4, -0.2) is 18.0 Å². The molecule has 31 heavy (non-hydrogen) atoms. The lowest BCUT2D eigenvalue weighted by Crippen LogP contribution is -2.38. The van der Waals surface area contributed by atoms with Gasteiger partial charge < -0.3 is 19.2 Å². The van der Waals surface area contributed by atoms with E-state index in [-0.39, 0.29) is 18.9 Å². The van der Waals surface area contributed by atoms with Gasteiger partial charge in [0.05, 0.1) is 12.1 Å². The average Bonchev–Trinajstić information content (AvgIpc) is 2.71. The summed E-state index contributed by atoms with van der Waals surface area (Å²) in [6, 6.07) is 12.1. The molecule has 2 aromatic carbocycles. The number of para-hydroxylation sites is 2. The highest BCUT2D eigenvalue weighted by molar-refractivity contribution is 5.99. The van der Waals surface area contributed by atoms with Crippen LogP contribution in [0.3, 0.4) is 0 Å². The summed E-state index contributed by atoms with van der Waals surface area (Å²) in [5.74, 6) is -0.213. The third-order valence-electron chi connectivity index (χ3n) is 5.29. The van der Waals surface area contributed by atoms with E-state index in [0.717, 1.165) is 16.5 Å². The lowest BCUT2D eigenvalue weighted by atomic mass is 9.95. The van der Waals surface area contributed by atoms with Crippen molar-refractivity contribution in [2.24, 2.45) is 0 Å². The highest BCUT2D eigenvalue weighted by atomic mass is 16.5. The molecule has 4 rings (SSSR count). The predicted octanol–water partition coefficient (Wildman–Crippen LogP) is 4.06. The number of carbonyl (C=O) groups excluding carboxylic acids is 2. The number of anilines is 1. The Hall–Kier alpha value is -3.61. The number of hydrogen-bond acceptors (Lipinski definition) is 6. The van der Waals surface area contributed by atoms with Gasteiger partial charge in [-0.2, -0.15) is 0 Å². The van der Waals surface area contributed by atoms with Crippen LogP contribution in [0, 0.1) is 6.92 Å². The topological polar surface area (TPSA) is 94.8 Å². The Balaban J connectivity index is 1.50. The molecule has 0 fully saturated rings. The van der Waals surface area contributed by atoms with E-state index in [1.807, 2.05) is 19.1 Å². The first-order valence-electron chi connectivity index (χ1n) is 10.1. The molecule has 1 N–H and O–H groups in total. The summed E-state index contributed by atoms with van der Waals surface area (Å²) in [7, 11) is 0. The summed E-state index contributed by atoms with van der Waals surface area (Å²) in [5.41, 5.74) is 3.21. The molecule has 1 amide bonds. The Bertz CT molecular complexity index is 1230. The molecule has 3 aromatic rings. The van der Waals surface area contributed by atoms with Crippen LogP contribution in [0.5, 0.6) is 5.75 Å². The van der Waals surface area contributed by atoms with Crippen LogP contribution in [-0.2, 0) is 20.9 Å². The molecule has 7 nitrogen and oxygen atoms in total. The predicted molar refractivity (Wildman–Crippen MR) is 115 cm³/mol. The van der Waals surface area contributed by atoms with E-state index < -0.39 is 23.6 Å². The summed E-state index contributed by atoms with van der Waals surface area (Å²) in [5, 5.41) is 3.44. The SMILES string of the molecule is Cc1cc2oc(=O)cc(COC(=O)CC3Oc4ccccc4NC3=O)c2cc1C(C)C. The van der Waals surface area contributed by atoms with Crippen molar-refractivity contribution in [3.05, 3.63) is 69.6 Å². The minimum Gasteiger partial charge on any atom is -0.478 e. The molecule has 160 valence electrons. The number of fused-ring (bicyclic) bond motifs is 2. The zero-order valence-electron chi connectivity index (χ0n) is 17.6. The molecule has 2 heterocycles. The minimum absolute atomic E-state index is 0.105. The van der Waals surface area contributed by atoms with Crippen molar-refractivity contribution in [1.82, 2.24) is 0 Å². The van der Waals surface area contributed by atoms with Gasteiger partial charge in [-0.15, -0.1) is 0 Å². The van der Waals surface area contributed by atoms with Crippen LogP contribution in [0.15, 0.2) is 51.7 Å². The van der Waals surface area contributed by atoms with Gasteiger partial charge in [0.2, 0.25) is 0 Å². The Morgan fingerprint density at radius 1 is 1.16 bits per heavy atom. The molecule has 1 unspecified atom stereocenters. The van der Waals surface area contributed by atoms with Crippen LogP contribution in [0.4, 0.5) is 5.69 Å². The Kier molecular flexibility index (Phi) is 5.50. The molecule has 0 saturated carbocycles. The van der Waals surface area contributed by atoms with E-state index in [4.69, 9.17) is 13.9 Å². The first-order valence-corrected chi connectivity index (χ1v) is 10.1. The van der Waals surface area contributed by atoms with Crippen LogP contribution in [0.25, 0.3) is 11.0 Å². The molecule has 1 atom stereocenters. The number of carbonyl (C=O) groups is 2. The zero-order chi connectivity index (χ0) is 22.1. The van der Waals surface area contributed by atoms with Crippen molar-refractivity contribution in [3.63, 3.8) is 0 Å². The molecule has 0 radical (unpaired) electrons. The lowest BCUT2D eigenvalue weighted by Gasteiger charge is -2.25. The molecule has 0 saturated heterocycles. The fraction of sp³-hybridized carbons (Fsp3) is 0.292. The number of ether oxygens (including phenoxy) is 2. The Morgan fingerprint density at radius 2 is 1.94 bits per heavy atom. The maximum Gasteiger partial charge on any atom is 0.336 e. The molecule has 7 heteroatoms. The van der Waals surface area contributed by atoms with Gasteiger partial charge in [-0.1, -0.05) is 26.0 Å². The smallest absolute Gasteiger partial charge is 0.336 e. The zero-order valence-corrected chi connectivity index (χ0v) is 17.6. The number of amides is 1. The lowest BCUT2D eigenvalue weighted by molar-refractivity contribution is -0.149. The quantitative estimate of drug-likeness (QED) is 0.493. The van der Waals surface area contributed by atoms with E-state index in [2.05, 4.69) is 19.2 Å². The Labute approximate surface area is 179 Å². The summed E-state index contributed by atoms with van der Waals surface area (Å²) < 4.78 is 16.3. The van der Waals surface area contributed by atoms with Crippen molar-refractivity contribution < 1.29 is 23.5 Å². The first kappa shape index (κ1) is 20.7. The second-order valence-electron chi connectivity index (χ2n) is 7.91. The second-order valence-corrected chi connectivity index (χ2v) is 7.91. The van der Waals surface area contributed by atoms with Crippen molar-refractivity contribution in [2.45, 2.75) is 45.8 Å². The highest BCUT2D eigenvalue weighted by Crippen LogP contribution is 2.30. The van der Waals surface area contributed by atoms with E-state index in [1.165, 1.54) is 6.07 Å². The number of nitrogens with one attached hydrogen (secondary N) is 1. The van der Waals surface area contributed by atoms with E-state index in [0.29, 0.717) is 22.6 Å². The molecule has 0 aliphatic carbocycles. The number of hydrogen-bond donors (Lipinski definition) is 1. The third kappa shape index (κ3) is 4.30. The Morgan fingerprint density at radius 3 is 2.71 bits per heavy atom. The monoisotopic (exact) mass is 421 g/mol. The standard InChI is InChI=1S/C24H23NO6/c1-13(2)16-10-17-15(9-23(27)31-20(17)8-14(16)3)12-29-22(26)11-21-24(28)25-18-6-4-5-7-19(18)30-21/h4-10,13,21H,11-12H2,1-3H3,(H,25,28). The molecular weight excluding hydrogens is 398 g/mol. The van der Waals surface area contributed by atoms with E-state index in [1.54, 1.807) is 24.3 Å². The summed E-state index contributed by atoms with van der Waals surface area (Å²) in [4.78, 5) is 36.6. The van der Waals surface area contributed by atoms with Gasteiger partial charge in [0.25, 0.3) is 5.91 Å².